The molecule has 0 unspecified atom stereocenters. The van der Waals surface area contributed by atoms with Crippen LogP contribution < -0.4 is 19.7 Å². The predicted octanol–water partition coefficient (Wildman–Crippen LogP) is 5.11. The van der Waals surface area contributed by atoms with E-state index in [0.29, 0.717) is 23.7 Å². The highest BCUT2D eigenvalue weighted by atomic mass is 16.5. The Morgan fingerprint density at radius 3 is 2.45 bits per heavy atom. The summed E-state index contributed by atoms with van der Waals surface area (Å²) in [7, 11) is 1.51. The monoisotopic (exact) mass is 508 g/mol. The molecular formula is C30H24N2O6. The fourth-order valence-electron chi connectivity index (χ4n) is 4.34. The van der Waals surface area contributed by atoms with Crippen LogP contribution in [0.25, 0.3) is 16.8 Å². The summed E-state index contributed by atoms with van der Waals surface area (Å²) in [6.07, 6.45) is 1.39. The minimum atomic E-state index is -0.868. The molecule has 1 aliphatic heterocycles. The summed E-state index contributed by atoms with van der Waals surface area (Å²) < 4.78 is 11.6. The number of carbonyl (C=O) groups is 3. The zero-order chi connectivity index (χ0) is 26.8. The Balaban J connectivity index is 1.41. The van der Waals surface area contributed by atoms with Crippen LogP contribution in [0.1, 0.15) is 16.7 Å². The van der Waals surface area contributed by atoms with Crippen LogP contribution in [0.15, 0.2) is 84.4 Å². The van der Waals surface area contributed by atoms with E-state index >= 15 is 0 Å². The van der Waals surface area contributed by atoms with Crippen molar-refractivity contribution in [3.05, 3.63) is 101 Å². The van der Waals surface area contributed by atoms with E-state index in [1.165, 1.54) is 37.5 Å². The zero-order valence-corrected chi connectivity index (χ0v) is 20.7. The zero-order valence-electron chi connectivity index (χ0n) is 20.7. The van der Waals surface area contributed by atoms with Gasteiger partial charge in [-0.2, -0.15) is 0 Å². The molecule has 4 amide bonds. The van der Waals surface area contributed by atoms with E-state index in [-0.39, 0.29) is 17.0 Å². The van der Waals surface area contributed by atoms with Crippen molar-refractivity contribution in [2.24, 2.45) is 0 Å². The number of benzene rings is 4. The highest BCUT2D eigenvalue weighted by Gasteiger charge is 2.36. The third-order valence-electron chi connectivity index (χ3n) is 6.36. The normalized spacial score (nSPS) is 14.6. The lowest BCUT2D eigenvalue weighted by atomic mass is 10.0. The van der Waals surface area contributed by atoms with Gasteiger partial charge in [-0.3, -0.25) is 14.9 Å². The summed E-state index contributed by atoms with van der Waals surface area (Å²) in [6.45, 7) is 2.37. The van der Waals surface area contributed by atoms with Gasteiger partial charge in [-0.15, -0.1) is 0 Å². The Morgan fingerprint density at radius 2 is 1.68 bits per heavy atom. The Hall–Kier alpha value is -5.11. The number of nitrogens with one attached hydrogen (secondary N) is 1. The van der Waals surface area contributed by atoms with Crippen LogP contribution in [0.4, 0.5) is 10.5 Å². The highest BCUT2D eigenvalue weighted by molar-refractivity contribution is 6.39. The molecule has 0 spiro atoms. The van der Waals surface area contributed by atoms with Crippen LogP contribution >= 0.6 is 0 Å². The van der Waals surface area contributed by atoms with Gasteiger partial charge in [0.1, 0.15) is 17.9 Å². The number of hydrogen-bond acceptors (Lipinski definition) is 6. The smallest absolute Gasteiger partial charge is 0.335 e. The number of imide groups is 2. The first-order valence-electron chi connectivity index (χ1n) is 11.8. The number of amides is 4. The van der Waals surface area contributed by atoms with E-state index in [9.17, 15) is 19.5 Å². The minimum absolute atomic E-state index is 0.0181. The first-order chi connectivity index (χ1) is 18.4. The van der Waals surface area contributed by atoms with Crippen LogP contribution in [0.2, 0.25) is 0 Å². The first-order valence-corrected chi connectivity index (χ1v) is 11.8. The van der Waals surface area contributed by atoms with Gasteiger partial charge >= 0.3 is 6.03 Å². The molecule has 1 heterocycles. The maximum Gasteiger partial charge on any atom is 0.335 e. The van der Waals surface area contributed by atoms with Crippen LogP contribution in [0, 0.1) is 6.92 Å². The quantitative estimate of drug-likeness (QED) is 0.277. The predicted molar refractivity (Wildman–Crippen MR) is 143 cm³/mol. The molecule has 0 bridgehead atoms. The Bertz CT molecular complexity index is 1610. The molecular weight excluding hydrogens is 484 g/mol. The van der Waals surface area contributed by atoms with Gasteiger partial charge in [-0.25, -0.2) is 9.69 Å². The molecule has 1 aliphatic rings. The third kappa shape index (κ3) is 4.67. The number of anilines is 1. The number of nitrogens with zero attached hydrogens (tertiary/aromatic N) is 1. The van der Waals surface area contributed by atoms with Crippen molar-refractivity contribution in [1.82, 2.24) is 5.32 Å². The number of aromatic hydroxyl groups is 1. The van der Waals surface area contributed by atoms with E-state index in [1.54, 1.807) is 18.2 Å². The van der Waals surface area contributed by atoms with Crippen LogP contribution in [-0.2, 0) is 16.2 Å². The van der Waals surface area contributed by atoms with Gasteiger partial charge in [0.05, 0.1) is 12.8 Å². The van der Waals surface area contributed by atoms with Gasteiger partial charge in [-0.05, 0) is 71.3 Å². The molecule has 8 nitrogen and oxygen atoms in total. The lowest BCUT2D eigenvalue weighted by Crippen LogP contribution is -2.54. The number of hydrogen-bond donors (Lipinski definition) is 2. The minimum Gasteiger partial charge on any atom is -0.508 e. The SMILES string of the molecule is COc1cc(/C=C2\C(=O)NC(=O)N(c3ccc(O)cc3)C2=O)ccc1OCc1c(C)ccc2ccccc12. The van der Waals surface area contributed by atoms with Gasteiger partial charge in [0.25, 0.3) is 11.8 Å². The molecule has 0 aliphatic carbocycles. The van der Waals surface area contributed by atoms with Crippen LogP contribution in [0.3, 0.4) is 0 Å². The second kappa shape index (κ2) is 10.1. The molecule has 38 heavy (non-hydrogen) atoms. The number of urea groups is 1. The van der Waals surface area contributed by atoms with Gasteiger partial charge < -0.3 is 14.6 Å². The van der Waals surface area contributed by atoms with Crippen molar-refractivity contribution >= 4 is 40.4 Å². The standard InChI is InChI=1S/C30H24N2O6/c1-18-7-9-20-5-3-4-6-23(20)25(18)17-38-26-14-8-19(16-27(26)37-2)15-24-28(34)31-30(36)32(29(24)35)21-10-12-22(33)13-11-21/h3-16,33H,17H2,1-2H3,(H,31,34,36)/b24-15+. The summed E-state index contributed by atoms with van der Waals surface area (Å²) in [6, 6.07) is 21.9. The summed E-state index contributed by atoms with van der Waals surface area (Å²) in [5, 5.41) is 13.9. The molecule has 0 saturated carbocycles. The Morgan fingerprint density at radius 1 is 0.921 bits per heavy atom. The molecule has 190 valence electrons. The molecule has 0 aromatic heterocycles. The van der Waals surface area contributed by atoms with Crippen molar-refractivity contribution in [2.45, 2.75) is 13.5 Å². The molecule has 2 N–H and O–H groups in total. The van der Waals surface area contributed by atoms with Gasteiger partial charge in [0.2, 0.25) is 0 Å². The number of phenolic OH excluding ortho intramolecular Hbond substituents is 1. The van der Waals surface area contributed by atoms with E-state index in [0.717, 1.165) is 26.8 Å². The van der Waals surface area contributed by atoms with Crippen molar-refractivity contribution < 1.29 is 29.0 Å². The van der Waals surface area contributed by atoms with E-state index < -0.39 is 17.8 Å². The molecule has 1 fully saturated rings. The van der Waals surface area contributed by atoms with E-state index in [4.69, 9.17) is 9.47 Å². The van der Waals surface area contributed by atoms with Gasteiger partial charge in [-0.1, -0.05) is 42.5 Å². The molecule has 5 rings (SSSR count). The van der Waals surface area contributed by atoms with E-state index in [1.807, 2.05) is 19.1 Å². The maximum absolute atomic E-state index is 13.1. The second-order valence-corrected chi connectivity index (χ2v) is 8.76. The van der Waals surface area contributed by atoms with Crippen molar-refractivity contribution in [2.75, 3.05) is 12.0 Å². The number of aryl methyl sites for hydroxylation is 1. The molecule has 0 radical (unpaired) electrons. The lowest BCUT2D eigenvalue weighted by molar-refractivity contribution is -0.122. The average molecular weight is 509 g/mol. The van der Waals surface area contributed by atoms with Crippen molar-refractivity contribution in [3.8, 4) is 17.2 Å². The topological polar surface area (TPSA) is 105 Å². The number of carbonyl (C=O) groups excluding carboxylic acids is 3. The summed E-state index contributed by atoms with van der Waals surface area (Å²) in [4.78, 5) is 38.9. The Labute approximate surface area is 218 Å². The van der Waals surface area contributed by atoms with Gasteiger partial charge in [0, 0.05) is 5.56 Å². The highest BCUT2D eigenvalue weighted by Crippen LogP contribution is 2.32. The molecule has 0 atom stereocenters. The van der Waals surface area contributed by atoms with Crippen molar-refractivity contribution in [3.63, 3.8) is 0 Å². The van der Waals surface area contributed by atoms with Crippen molar-refractivity contribution in [1.29, 1.82) is 0 Å². The summed E-state index contributed by atoms with van der Waals surface area (Å²) in [5.41, 5.74) is 2.68. The number of methoxy groups -OCH3 is 1. The first kappa shape index (κ1) is 24.6. The van der Waals surface area contributed by atoms with Crippen LogP contribution in [-0.4, -0.2) is 30.1 Å². The fourth-order valence-corrected chi connectivity index (χ4v) is 4.34. The molecule has 4 aromatic carbocycles. The number of rotatable bonds is 6. The van der Waals surface area contributed by atoms with Gasteiger partial charge in [0.15, 0.2) is 11.5 Å². The maximum atomic E-state index is 13.1. The number of ether oxygens (including phenoxy) is 2. The number of barbiturate groups is 1. The van der Waals surface area contributed by atoms with E-state index in [2.05, 4.69) is 29.6 Å². The number of fused-ring (bicyclic) bond motifs is 1. The third-order valence-corrected chi connectivity index (χ3v) is 6.36. The van der Waals surface area contributed by atoms with Crippen LogP contribution in [0.5, 0.6) is 17.2 Å². The summed E-state index contributed by atoms with van der Waals surface area (Å²) in [5.74, 6) is -0.680. The largest absolute Gasteiger partial charge is 0.508 e. The summed E-state index contributed by atoms with van der Waals surface area (Å²) >= 11 is 0. The fraction of sp³-hybridized carbons (Fsp3) is 0.100. The molecule has 4 aromatic rings. The number of phenols is 1. The molecule has 8 heteroatoms. The lowest BCUT2D eigenvalue weighted by Gasteiger charge is -2.26. The molecule has 1 saturated heterocycles. The second-order valence-electron chi connectivity index (χ2n) is 8.76. The average Bonchev–Trinajstić information content (AvgIpc) is 2.91. The Kier molecular flexibility index (Phi) is 6.53.